The number of aromatic nitrogens is 2. The standard InChI is InChI=1S/C20H27N3O/c1-5-17-18(20(24)22-12-6-7-13-22)19(14(2)3)21-23(17)16-10-8-15(4)9-11-16/h8-11,14H,5-7,12-13H2,1-4H3. The third-order valence-electron chi connectivity index (χ3n) is 4.78. The van der Waals surface area contributed by atoms with Gasteiger partial charge in [-0.2, -0.15) is 5.10 Å². The summed E-state index contributed by atoms with van der Waals surface area (Å²) in [4.78, 5) is 15.1. The number of carbonyl (C=O) groups excluding carboxylic acids is 1. The van der Waals surface area contributed by atoms with Crippen molar-refractivity contribution in [1.82, 2.24) is 14.7 Å². The highest BCUT2D eigenvalue weighted by Gasteiger charge is 2.29. The molecule has 0 radical (unpaired) electrons. The van der Waals surface area contributed by atoms with E-state index in [0.717, 1.165) is 55.0 Å². The number of nitrogens with zero attached hydrogens (tertiary/aromatic N) is 3. The number of aryl methyl sites for hydroxylation is 1. The van der Waals surface area contributed by atoms with Gasteiger partial charge in [0.25, 0.3) is 5.91 Å². The summed E-state index contributed by atoms with van der Waals surface area (Å²) < 4.78 is 1.97. The zero-order valence-electron chi connectivity index (χ0n) is 15.2. The van der Waals surface area contributed by atoms with E-state index in [1.54, 1.807) is 0 Å². The maximum absolute atomic E-state index is 13.1. The second-order valence-corrected chi connectivity index (χ2v) is 6.96. The highest BCUT2D eigenvalue weighted by atomic mass is 16.2. The Bertz CT molecular complexity index is 722. The van der Waals surface area contributed by atoms with E-state index in [2.05, 4.69) is 52.0 Å². The average molecular weight is 325 g/mol. The molecule has 1 aromatic carbocycles. The first-order valence-electron chi connectivity index (χ1n) is 9.01. The molecule has 1 amide bonds. The van der Waals surface area contributed by atoms with Crippen LogP contribution in [0.1, 0.15) is 66.8 Å². The SMILES string of the molecule is CCc1c(C(=O)N2CCCC2)c(C(C)C)nn1-c1ccc(C)cc1. The van der Waals surface area contributed by atoms with Crippen molar-refractivity contribution in [3.05, 3.63) is 46.8 Å². The van der Waals surface area contributed by atoms with Gasteiger partial charge in [-0.3, -0.25) is 4.79 Å². The van der Waals surface area contributed by atoms with Gasteiger partial charge in [-0.1, -0.05) is 38.5 Å². The summed E-state index contributed by atoms with van der Waals surface area (Å²) in [5.41, 5.74) is 5.03. The van der Waals surface area contributed by atoms with E-state index in [1.165, 1.54) is 5.56 Å². The number of carbonyl (C=O) groups is 1. The molecule has 128 valence electrons. The third-order valence-corrected chi connectivity index (χ3v) is 4.78. The van der Waals surface area contributed by atoms with Crippen LogP contribution in [0.15, 0.2) is 24.3 Å². The molecule has 0 saturated carbocycles. The van der Waals surface area contributed by atoms with Gasteiger partial charge in [0.2, 0.25) is 0 Å². The third kappa shape index (κ3) is 2.97. The van der Waals surface area contributed by atoms with Crippen molar-refractivity contribution >= 4 is 5.91 Å². The van der Waals surface area contributed by atoms with Crippen LogP contribution in [0, 0.1) is 6.92 Å². The summed E-state index contributed by atoms with van der Waals surface area (Å²) in [6, 6.07) is 8.34. The minimum atomic E-state index is 0.159. The van der Waals surface area contributed by atoms with Crippen LogP contribution in [0.5, 0.6) is 0 Å². The minimum Gasteiger partial charge on any atom is -0.339 e. The van der Waals surface area contributed by atoms with Gasteiger partial charge in [0.05, 0.1) is 22.6 Å². The van der Waals surface area contributed by atoms with Crippen LogP contribution < -0.4 is 0 Å². The Hall–Kier alpha value is -2.10. The van der Waals surface area contributed by atoms with E-state index in [1.807, 2.05) is 9.58 Å². The van der Waals surface area contributed by atoms with Gasteiger partial charge >= 0.3 is 0 Å². The number of amides is 1. The Labute approximate surface area is 144 Å². The normalized spacial score (nSPS) is 14.6. The van der Waals surface area contributed by atoms with Gasteiger partial charge in [0.1, 0.15) is 0 Å². The lowest BCUT2D eigenvalue weighted by Crippen LogP contribution is -2.29. The van der Waals surface area contributed by atoms with E-state index in [9.17, 15) is 4.79 Å². The molecule has 1 aliphatic heterocycles. The summed E-state index contributed by atoms with van der Waals surface area (Å²) in [6.45, 7) is 10.1. The molecule has 2 heterocycles. The van der Waals surface area contributed by atoms with Gasteiger partial charge in [0, 0.05) is 13.1 Å². The van der Waals surface area contributed by atoms with E-state index in [0.29, 0.717) is 0 Å². The van der Waals surface area contributed by atoms with Crippen LogP contribution in [-0.2, 0) is 6.42 Å². The number of hydrogen-bond acceptors (Lipinski definition) is 2. The highest BCUT2D eigenvalue weighted by Crippen LogP contribution is 2.27. The molecule has 1 aromatic heterocycles. The lowest BCUT2D eigenvalue weighted by Gasteiger charge is -2.17. The molecule has 0 atom stereocenters. The summed E-state index contributed by atoms with van der Waals surface area (Å²) >= 11 is 0. The van der Waals surface area contributed by atoms with Crippen LogP contribution in [0.4, 0.5) is 0 Å². The maximum atomic E-state index is 13.1. The van der Waals surface area contributed by atoms with Gasteiger partial charge < -0.3 is 4.90 Å². The molecule has 0 unspecified atom stereocenters. The zero-order valence-corrected chi connectivity index (χ0v) is 15.2. The highest BCUT2D eigenvalue weighted by molar-refractivity contribution is 5.97. The van der Waals surface area contributed by atoms with Crippen LogP contribution in [0.25, 0.3) is 5.69 Å². The largest absolute Gasteiger partial charge is 0.339 e. The van der Waals surface area contributed by atoms with E-state index < -0.39 is 0 Å². The molecule has 1 fully saturated rings. The second-order valence-electron chi connectivity index (χ2n) is 6.96. The van der Waals surface area contributed by atoms with Gasteiger partial charge in [0.15, 0.2) is 0 Å². The summed E-state index contributed by atoms with van der Waals surface area (Å²) in [6.07, 6.45) is 3.01. The minimum absolute atomic E-state index is 0.159. The number of hydrogen-bond donors (Lipinski definition) is 0. The lowest BCUT2D eigenvalue weighted by molar-refractivity contribution is 0.0790. The number of likely N-dealkylation sites (tertiary alicyclic amines) is 1. The molecule has 0 aliphatic carbocycles. The van der Waals surface area contributed by atoms with Gasteiger partial charge in [-0.15, -0.1) is 0 Å². The average Bonchev–Trinajstić information content (AvgIpc) is 3.22. The first kappa shape index (κ1) is 16.7. The Morgan fingerprint density at radius 3 is 2.33 bits per heavy atom. The summed E-state index contributed by atoms with van der Waals surface area (Å²) in [7, 11) is 0. The van der Waals surface area contributed by atoms with Crippen molar-refractivity contribution < 1.29 is 4.79 Å². The molecule has 0 bridgehead atoms. The van der Waals surface area contributed by atoms with Crippen LogP contribution in [0.2, 0.25) is 0 Å². The number of rotatable bonds is 4. The summed E-state index contributed by atoms with van der Waals surface area (Å²) in [5.74, 6) is 0.384. The van der Waals surface area contributed by atoms with E-state index >= 15 is 0 Å². The topological polar surface area (TPSA) is 38.1 Å². The molecule has 1 aliphatic rings. The van der Waals surface area contributed by atoms with Crippen LogP contribution in [-0.4, -0.2) is 33.7 Å². The van der Waals surface area contributed by atoms with Crippen molar-refractivity contribution in [2.75, 3.05) is 13.1 Å². The van der Waals surface area contributed by atoms with Crippen molar-refractivity contribution in [2.24, 2.45) is 0 Å². The lowest BCUT2D eigenvalue weighted by atomic mass is 10.0. The zero-order chi connectivity index (χ0) is 17.3. The van der Waals surface area contributed by atoms with E-state index in [-0.39, 0.29) is 11.8 Å². The Morgan fingerprint density at radius 1 is 1.17 bits per heavy atom. The fourth-order valence-electron chi connectivity index (χ4n) is 3.41. The fourth-order valence-corrected chi connectivity index (χ4v) is 3.41. The Kier molecular flexibility index (Phi) is 4.74. The van der Waals surface area contributed by atoms with Crippen LogP contribution >= 0.6 is 0 Å². The Morgan fingerprint density at radius 2 is 1.79 bits per heavy atom. The van der Waals surface area contributed by atoms with Gasteiger partial charge in [-0.25, -0.2) is 4.68 Å². The molecule has 1 saturated heterocycles. The molecule has 24 heavy (non-hydrogen) atoms. The number of benzene rings is 1. The van der Waals surface area contributed by atoms with E-state index in [4.69, 9.17) is 5.10 Å². The monoisotopic (exact) mass is 325 g/mol. The summed E-state index contributed by atoms with van der Waals surface area (Å²) in [5, 5.41) is 4.84. The predicted octanol–water partition coefficient (Wildman–Crippen LogP) is 4.10. The van der Waals surface area contributed by atoms with Crippen molar-refractivity contribution in [3.63, 3.8) is 0 Å². The van der Waals surface area contributed by atoms with Gasteiger partial charge in [-0.05, 0) is 44.2 Å². The van der Waals surface area contributed by atoms with Crippen molar-refractivity contribution in [2.45, 2.75) is 52.9 Å². The molecule has 0 N–H and O–H groups in total. The molecular formula is C20H27N3O. The predicted molar refractivity (Wildman–Crippen MR) is 96.9 cm³/mol. The molecule has 2 aromatic rings. The maximum Gasteiger partial charge on any atom is 0.257 e. The second kappa shape index (κ2) is 6.80. The molecule has 4 heteroatoms. The van der Waals surface area contributed by atoms with Crippen molar-refractivity contribution in [1.29, 1.82) is 0 Å². The molecule has 3 rings (SSSR count). The first-order chi connectivity index (χ1) is 11.5. The molecular weight excluding hydrogens is 298 g/mol. The molecule has 0 spiro atoms. The first-order valence-corrected chi connectivity index (χ1v) is 9.01. The van der Waals surface area contributed by atoms with Crippen LogP contribution in [0.3, 0.4) is 0 Å². The van der Waals surface area contributed by atoms with Crippen molar-refractivity contribution in [3.8, 4) is 5.69 Å². The Balaban J connectivity index is 2.12. The fraction of sp³-hybridized carbons (Fsp3) is 0.500. The quantitative estimate of drug-likeness (QED) is 0.848. The molecule has 4 nitrogen and oxygen atoms in total. The smallest absolute Gasteiger partial charge is 0.257 e.